The highest BCUT2D eigenvalue weighted by molar-refractivity contribution is 7.52. The number of rotatable bonds is 19. The third kappa shape index (κ3) is 13.8. The van der Waals surface area contributed by atoms with E-state index in [0.29, 0.717) is 31.2 Å². The molecule has 0 spiro atoms. The van der Waals surface area contributed by atoms with Crippen LogP contribution in [0.3, 0.4) is 0 Å². The molecule has 0 aromatic heterocycles. The zero-order valence-corrected chi connectivity index (χ0v) is 26.7. The normalized spacial score (nSPS) is 14.0. The molecule has 2 rings (SSSR count). The second-order valence-electron chi connectivity index (χ2n) is 11.0. The Balaban J connectivity index is 2.06. The Labute approximate surface area is 263 Å². The lowest BCUT2D eigenvalue weighted by Gasteiger charge is -2.24. The quantitative estimate of drug-likeness (QED) is 0.104. The highest BCUT2D eigenvalue weighted by atomic mass is 31.2. The van der Waals surface area contributed by atoms with Gasteiger partial charge in [-0.3, -0.25) is 23.7 Å². The summed E-state index contributed by atoms with van der Waals surface area (Å²) in [6, 6.07) is 12.0. The van der Waals surface area contributed by atoms with Gasteiger partial charge in [-0.1, -0.05) is 82.0 Å². The van der Waals surface area contributed by atoms with E-state index in [4.69, 9.17) is 5.73 Å². The van der Waals surface area contributed by atoms with E-state index < -0.39 is 61.7 Å². The van der Waals surface area contributed by atoms with E-state index in [0.717, 1.165) is 12.0 Å². The molecule has 2 aromatic rings. The Hall–Kier alpha value is -3.77. The lowest BCUT2D eigenvalue weighted by Crippen LogP contribution is -2.55. The first-order chi connectivity index (χ1) is 21.3. The van der Waals surface area contributed by atoms with Crippen LogP contribution < -0.4 is 27.0 Å². The highest BCUT2D eigenvalue weighted by Gasteiger charge is 2.33. The molecule has 0 heterocycles. The first-order valence-corrected chi connectivity index (χ1v) is 16.8. The fourth-order valence-electron chi connectivity index (χ4n) is 4.52. The number of carbonyl (C=O) groups is 4. The fraction of sp³-hybridized carbons (Fsp3) is 0.484. The standard InChI is InChI=1S/C31H46N5O8P/c1-3-5-12-25(35-29(39)24(32)18-22-14-16-23(37)17-15-22)30(40)33-20-27(38)34-26(19-21-10-8-7-9-11-21)31(41)36-28(13-6-4-2)45(42,43)44/h7-11,14-17,24-26,28,37H,3-6,12-13,18-20,32H2,1-2H3,(H,33,40)(H,34,38)(H,35,39)(H,36,41)(H2,42,43,44)/t24-,25+,26-,28?/m0/s1. The summed E-state index contributed by atoms with van der Waals surface area (Å²) >= 11 is 0. The number of aromatic hydroxyl groups is 1. The summed E-state index contributed by atoms with van der Waals surface area (Å²) in [5, 5.41) is 19.6. The topological polar surface area (TPSA) is 220 Å². The third-order valence-electron chi connectivity index (χ3n) is 7.11. The monoisotopic (exact) mass is 647 g/mol. The molecule has 0 aliphatic carbocycles. The summed E-state index contributed by atoms with van der Waals surface area (Å²) in [4.78, 5) is 71.4. The maximum atomic E-state index is 13.2. The number of hydrogen-bond acceptors (Lipinski definition) is 7. The van der Waals surface area contributed by atoms with E-state index in [9.17, 15) is 38.6 Å². The van der Waals surface area contributed by atoms with Crippen LogP contribution >= 0.6 is 7.60 Å². The molecule has 0 aliphatic rings. The number of amides is 4. The van der Waals surface area contributed by atoms with Gasteiger partial charge in [0.05, 0.1) is 12.6 Å². The minimum absolute atomic E-state index is 0.0438. The molecule has 14 heteroatoms. The van der Waals surface area contributed by atoms with Crippen molar-refractivity contribution in [2.75, 3.05) is 6.54 Å². The number of hydrogen-bond donors (Lipinski definition) is 8. The largest absolute Gasteiger partial charge is 0.508 e. The van der Waals surface area contributed by atoms with Gasteiger partial charge >= 0.3 is 7.60 Å². The molecule has 0 saturated carbocycles. The number of phenols is 1. The molecule has 0 aliphatic heterocycles. The van der Waals surface area contributed by atoms with Crippen LogP contribution in [0.1, 0.15) is 63.5 Å². The van der Waals surface area contributed by atoms with E-state index in [1.165, 1.54) is 12.1 Å². The van der Waals surface area contributed by atoms with Crippen LogP contribution in [0, 0.1) is 0 Å². The van der Waals surface area contributed by atoms with Crippen molar-refractivity contribution in [3.63, 3.8) is 0 Å². The van der Waals surface area contributed by atoms with Crippen LogP contribution in [0.15, 0.2) is 54.6 Å². The molecule has 13 nitrogen and oxygen atoms in total. The fourth-order valence-corrected chi connectivity index (χ4v) is 5.33. The van der Waals surface area contributed by atoms with Gasteiger partial charge in [0.2, 0.25) is 23.6 Å². The molecular formula is C31H46N5O8P. The zero-order chi connectivity index (χ0) is 33.4. The number of benzene rings is 2. The average Bonchev–Trinajstić information content (AvgIpc) is 3.00. The molecule has 248 valence electrons. The number of nitrogens with two attached hydrogens (primary N) is 1. The molecule has 0 bridgehead atoms. The molecule has 45 heavy (non-hydrogen) atoms. The summed E-state index contributed by atoms with van der Waals surface area (Å²) in [7, 11) is -4.66. The molecule has 9 N–H and O–H groups in total. The summed E-state index contributed by atoms with van der Waals surface area (Å²) in [5.74, 6) is -3.94. The van der Waals surface area contributed by atoms with Crippen LogP contribution in [0.25, 0.3) is 0 Å². The number of nitrogens with one attached hydrogen (secondary N) is 4. The Morgan fingerprint density at radius 2 is 1.36 bits per heavy atom. The number of phenolic OH excluding ortho intramolecular Hbond substituents is 1. The van der Waals surface area contributed by atoms with Crippen LogP contribution in [-0.4, -0.2) is 69.0 Å². The van der Waals surface area contributed by atoms with Crippen molar-refractivity contribution >= 4 is 31.2 Å². The first-order valence-electron chi connectivity index (χ1n) is 15.1. The Bertz CT molecular complexity index is 1290. The van der Waals surface area contributed by atoms with Crippen molar-refractivity contribution in [2.45, 2.75) is 89.1 Å². The molecule has 1 unspecified atom stereocenters. The van der Waals surface area contributed by atoms with E-state index in [1.54, 1.807) is 42.5 Å². The van der Waals surface area contributed by atoms with E-state index >= 15 is 0 Å². The lowest BCUT2D eigenvalue weighted by atomic mass is 10.0. The Morgan fingerprint density at radius 1 is 0.756 bits per heavy atom. The summed E-state index contributed by atoms with van der Waals surface area (Å²) in [6.45, 7) is 3.28. The smallest absolute Gasteiger partial charge is 0.347 e. The number of unbranched alkanes of at least 4 members (excludes halogenated alkanes) is 2. The van der Waals surface area contributed by atoms with Gasteiger partial charge in [0.15, 0.2) is 0 Å². The Morgan fingerprint density at radius 3 is 1.96 bits per heavy atom. The van der Waals surface area contributed by atoms with Gasteiger partial charge in [-0.05, 0) is 42.5 Å². The van der Waals surface area contributed by atoms with Crippen LogP contribution in [0.2, 0.25) is 0 Å². The maximum absolute atomic E-state index is 13.2. The van der Waals surface area contributed by atoms with Crippen molar-refractivity contribution < 1.29 is 38.6 Å². The van der Waals surface area contributed by atoms with Gasteiger partial charge in [0, 0.05) is 6.42 Å². The lowest BCUT2D eigenvalue weighted by molar-refractivity contribution is -0.132. The minimum Gasteiger partial charge on any atom is -0.508 e. The summed E-state index contributed by atoms with van der Waals surface area (Å²) in [5.41, 5.74) is 7.50. The van der Waals surface area contributed by atoms with Crippen molar-refractivity contribution in [2.24, 2.45) is 5.73 Å². The predicted octanol–water partition coefficient (Wildman–Crippen LogP) is 1.59. The minimum atomic E-state index is -4.66. The van der Waals surface area contributed by atoms with Gasteiger partial charge in [0.1, 0.15) is 23.6 Å². The average molecular weight is 648 g/mol. The van der Waals surface area contributed by atoms with Crippen molar-refractivity contribution in [3.8, 4) is 5.75 Å². The first kappa shape index (κ1) is 37.4. The molecule has 0 saturated heterocycles. The predicted molar refractivity (Wildman–Crippen MR) is 170 cm³/mol. The van der Waals surface area contributed by atoms with Crippen LogP contribution in [-0.2, 0) is 36.6 Å². The maximum Gasteiger partial charge on any atom is 0.347 e. The van der Waals surface area contributed by atoms with Crippen molar-refractivity contribution in [1.29, 1.82) is 0 Å². The summed E-state index contributed by atoms with van der Waals surface area (Å²) in [6.07, 6.45) is 3.13. The van der Waals surface area contributed by atoms with Gasteiger partial charge in [-0.2, -0.15) is 0 Å². The second-order valence-corrected chi connectivity index (χ2v) is 12.8. The molecule has 2 aromatic carbocycles. The molecular weight excluding hydrogens is 601 g/mol. The Kier molecular flexibility index (Phi) is 15.7. The molecule has 4 atom stereocenters. The van der Waals surface area contributed by atoms with Gasteiger partial charge in [-0.25, -0.2) is 0 Å². The zero-order valence-electron chi connectivity index (χ0n) is 25.8. The highest BCUT2D eigenvalue weighted by Crippen LogP contribution is 2.42. The third-order valence-corrected chi connectivity index (χ3v) is 8.31. The van der Waals surface area contributed by atoms with E-state index in [-0.39, 0.29) is 25.0 Å². The SMILES string of the molecule is CCCCC(NC(=O)[C@H](Cc1ccccc1)NC(=O)CNC(=O)[C@@H](CCCC)NC(=O)[C@@H](N)Cc1ccc(O)cc1)P(=O)(O)O. The van der Waals surface area contributed by atoms with Crippen molar-refractivity contribution in [1.82, 2.24) is 21.3 Å². The molecule has 0 radical (unpaired) electrons. The van der Waals surface area contributed by atoms with Crippen LogP contribution in [0.5, 0.6) is 5.75 Å². The van der Waals surface area contributed by atoms with E-state index in [1.807, 2.05) is 13.8 Å². The van der Waals surface area contributed by atoms with Gasteiger partial charge in [-0.15, -0.1) is 0 Å². The van der Waals surface area contributed by atoms with Crippen molar-refractivity contribution in [3.05, 3.63) is 65.7 Å². The summed E-state index contributed by atoms with van der Waals surface area (Å²) < 4.78 is 12.0. The molecule has 0 fully saturated rings. The van der Waals surface area contributed by atoms with Crippen LogP contribution in [0.4, 0.5) is 0 Å². The van der Waals surface area contributed by atoms with E-state index in [2.05, 4.69) is 21.3 Å². The second kappa shape index (κ2) is 18.9. The van der Waals surface area contributed by atoms with Gasteiger partial charge < -0.3 is 41.9 Å². The van der Waals surface area contributed by atoms with Gasteiger partial charge in [0.25, 0.3) is 0 Å². The number of carbonyl (C=O) groups excluding carboxylic acids is 4. The molecule has 4 amide bonds.